The van der Waals surface area contributed by atoms with Crippen molar-refractivity contribution in [2.24, 2.45) is 0 Å². The molecule has 3 nitrogen and oxygen atoms in total. The predicted molar refractivity (Wildman–Crippen MR) is 94.1 cm³/mol. The largest absolute Gasteiger partial charge is 0.429 e. The molecule has 1 aromatic heterocycles. The minimum absolute atomic E-state index is 0.335. The third-order valence-electron chi connectivity index (χ3n) is 3.44. The monoisotopic (exact) mass is 330 g/mol. The Bertz CT molecular complexity index is 850. The molecule has 0 bridgehead atoms. The first-order valence-corrected chi connectivity index (χ1v) is 7.60. The van der Waals surface area contributed by atoms with Gasteiger partial charge in [0.05, 0.1) is 10.7 Å². The molecule has 0 amide bonds. The molecule has 0 aliphatic heterocycles. The van der Waals surface area contributed by atoms with Crippen molar-refractivity contribution in [3.8, 4) is 22.6 Å². The Labute approximate surface area is 139 Å². The van der Waals surface area contributed by atoms with Gasteiger partial charge in [-0.2, -0.15) is 0 Å². The number of oxazole rings is 1. The molecule has 0 saturated heterocycles. The molecule has 0 saturated carbocycles. The van der Waals surface area contributed by atoms with Gasteiger partial charge in [0.1, 0.15) is 0 Å². The van der Waals surface area contributed by atoms with Crippen LogP contribution in [-0.4, -0.2) is 19.1 Å². The second-order valence-corrected chi connectivity index (χ2v) is 5.92. The molecule has 0 unspecified atom stereocenters. The van der Waals surface area contributed by atoms with Gasteiger partial charge in [-0.1, -0.05) is 35.9 Å². The Balaban J connectivity index is 2.12. The van der Waals surface area contributed by atoms with Crippen LogP contribution in [0.25, 0.3) is 22.6 Å². The highest BCUT2D eigenvalue weighted by atomic mass is 35.5. The van der Waals surface area contributed by atoms with E-state index in [1.807, 2.05) is 50.5 Å². The van der Waals surface area contributed by atoms with Gasteiger partial charge in [-0.05, 0) is 36.5 Å². The van der Waals surface area contributed by atoms with Crippen LogP contribution in [0.3, 0.4) is 0 Å². The standard InChI is InChI=1S/C17H15ClN2OS/c1-20(2)12-9-7-11(8-10-12)15-16(21-17(22)19-15)13-5-3-4-6-14(13)18/h3-10H,1-2H3,(H,19,22). The molecule has 2 aromatic carbocycles. The molecule has 3 aromatic rings. The van der Waals surface area contributed by atoms with E-state index in [0.717, 1.165) is 22.5 Å². The number of aromatic nitrogens is 1. The van der Waals surface area contributed by atoms with Gasteiger partial charge in [0.2, 0.25) is 0 Å². The Morgan fingerprint density at radius 1 is 1.05 bits per heavy atom. The van der Waals surface area contributed by atoms with Crippen LogP contribution in [0, 0.1) is 4.84 Å². The van der Waals surface area contributed by atoms with Gasteiger partial charge in [-0.25, -0.2) is 0 Å². The number of hydrogen-bond donors (Lipinski definition) is 1. The first kappa shape index (κ1) is 14.9. The lowest BCUT2D eigenvalue weighted by atomic mass is 10.1. The van der Waals surface area contributed by atoms with Crippen LogP contribution in [0.4, 0.5) is 5.69 Å². The second kappa shape index (κ2) is 5.99. The number of hydrogen-bond acceptors (Lipinski definition) is 3. The smallest absolute Gasteiger partial charge is 0.266 e. The Morgan fingerprint density at radius 3 is 2.36 bits per heavy atom. The van der Waals surface area contributed by atoms with E-state index in [0.29, 0.717) is 15.6 Å². The number of H-pyrrole nitrogens is 1. The van der Waals surface area contributed by atoms with Crippen molar-refractivity contribution in [3.63, 3.8) is 0 Å². The summed E-state index contributed by atoms with van der Waals surface area (Å²) in [7, 11) is 4.02. The molecule has 112 valence electrons. The molecule has 1 N–H and O–H groups in total. The molecule has 0 aliphatic rings. The van der Waals surface area contributed by atoms with Crippen LogP contribution >= 0.6 is 23.8 Å². The third kappa shape index (κ3) is 2.80. The maximum atomic E-state index is 6.28. The van der Waals surface area contributed by atoms with Crippen LogP contribution in [0.1, 0.15) is 0 Å². The molecular weight excluding hydrogens is 316 g/mol. The molecular formula is C17H15ClN2OS. The Kier molecular flexibility index (Phi) is 4.05. The third-order valence-corrected chi connectivity index (χ3v) is 3.95. The number of benzene rings is 2. The summed E-state index contributed by atoms with van der Waals surface area (Å²) in [5.74, 6) is 0.660. The van der Waals surface area contributed by atoms with Crippen LogP contribution in [0.5, 0.6) is 0 Å². The Morgan fingerprint density at radius 2 is 1.73 bits per heavy atom. The van der Waals surface area contributed by atoms with E-state index in [4.69, 9.17) is 28.2 Å². The first-order valence-electron chi connectivity index (χ1n) is 6.82. The summed E-state index contributed by atoms with van der Waals surface area (Å²) in [4.78, 5) is 5.50. The highest BCUT2D eigenvalue weighted by Gasteiger charge is 2.15. The molecule has 1 heterocycles. The van der Waals surface area contributed by atoms with E-state index in [1.54, 1.807) is 0 Å². The van der Waals surface area contributed by atoms with Crippen molar-refractivity contribution < 1.29 is 4.42 Å². The Hall–Kier alpha value is -2.04. The number of aromatic amines is 1. The average Bonchev–Trinajstić information content (AvgIpc) is 2.89. The highest BCUT2D eigenvalue weighted by Crippen LogP contribution is 2.36. The quantitative estimate of drug-likeness (QED) is 0.653. The van der Waals surface area contributed by atoms with Gasteiger partial charge in [0.15, 0.2) is 5.76 Å². The minimum Gasteiger partial charge on any atom is -0.429 e. The number of halogens is 1. The normalized spacial score (nSPS) is 10.7. The summed E-state index contributed by atoms with van der Waals surface area (Å²) in [6.07, 6.45) is 0. The van der Waals surface area contributed by atoms with Crippen LogP contribution in [0.2, 0.25) is 5.02 Å². The SMILES string of the molecule is CN(C)c1ccc(-c2[nH]c(=S)oc2-c2ccccc2Cl)cc1. The second-order valence-electron chi connectivity index (χ2n) is 5.14. The molecule has 0 radical (unpaired) electrons. The van der Waals surface area contributed by atoms with Gasteiger partial charge in [-0.15, -0.1) is 0 Å². The van der Waals surface area contributed by atoms with Gasteiger partial charge >= 0.3 is 0 Å². The fourth-order valence-corrected chi connectivity index (χ4v) is 2.70. The van der Waals surface area contributed by atoms with Crippen molar-refractivity contribution in [1.82, 2.24) is 4.98 Å². The zero-order valence-electron chi connectivity index (χ0n) is 12.3. The fourth-order valence-electron chi connectivity index (χ4n) is 2.29. The zero-order chi connectivity index (χ0) is 15.7. The number of nitrogens with zero attached hydrogens (tertiary/aromatic N) is 1. The van der Waals surface area contributed by atoms with Gasteiger partial charge in [0.25, 0.3) is 4.84 Å². The molecule has 3 rings (SSSR count). The van der Waals surface area contributed by atoms with Crippen LogP contribution in [0.15, 0.2) is 52.9 Å². The minimum atomic E-state index is 0.335. The topological polar surface area (TPSA) is 32.2 Å². The van der Waals surface area contributed by atoms with Crippen LogP contribution < -0.4 is 4.90 Å². The average molecular weight is 331 g/mol. The molecule has 0 fully saturated rings. The zero-order valence-corrected chi connectivity index (χ0v) is 13.8. The molecule has 0 atom stereocenters. The lowest BCUT2D eigenvalue weighted by Crippen LogP contribution is -2.07. The predicted octanol–water partition coefficient (Wildman–Crippen LogP) is 5.39. The maximum Gasteiger partial charge on any atom is 0.266 e. The number of anilines is 1. The lowest BCUT2D eigenvalue weighted by Gasteiger charge is -2.12. The van der Waals surface area contributed by atoms with E-state index in [1.165, 1.54) is 0 Å². The first-order chi connectivity index (χ1) is 10.6. The molecule has 22 heavy (non-hydrogen) atoms. The summed E-state index contributed by atoms with van der Waals surface area (Å²) >= 11 is 11.4. The van der Waals surface area contributed by atoms with Gasteiger partial charge < -0.3 is 14.3 Å². The van der Waals surface area contributed by atoms with Gasteiger partial charge in [0, 0.05) is 30.9 Å². The maximum absolute atomic E-state index is 6.28. The molecule has 5 heteroatoms. The van der Waals surface area contributed by atoms with Crippen molar-refractivity contribution in [2.75, 3.05) is 19.0 Å². The number of rotatable bonds is 3. The lowest BCUT2D eigenvalue weighted by molar-refractivity contribution is 0.554. The van der Waals surface area contributed by atoms with E-state index < -0.39 is 0 Å². The fraction of sp³-hybridized carbons (Fsp3) is 0.118. The summed E-state index contributed by atoms with van der Waals surface area (Å²) in [5, 5.41) is 0.631. The summed E-state index contributed by atoms with van der Waals surface area (Å²) in [6.45, 7) is 0. The number of nitrogens with one attached hydrogen (secondary N) is 1. The van der Waals surface area contributed by atoms with E-state index in [9.17, 15) is 0 Å². The highest BCUT2D eigenvalue weighted by molar-refractivity contribution is 7.71. The van der Waals surface area contributed by atoms with E-state index >= 15 is 0 Å². The molecule has 0 aliphatic carbocycles. The summed E-state index contributed by atoms with van der Waals surface area (Å²) < 4.78 is 5.68. The van der Waals surface area contributed by atoms with Crippen molar-refractivity contribution in [1.29, 1.82) is 0 Å². The van der Waals surface area contributed by atoms with Crippen molar-refractivity contribution in [3.05, 3.63) is 58.4 Å². The van der Waals surface area contributed by atoms with Crippen molar-refractivity contribution >= 4 is 29.5 Å². The van der Waals surface area contributed by atoms with E-state index in [2.05, 4.69) is 22.0 Å². The van der Waals surface area contributed by atoms with E-state index in [-0.39, 0.29) is 0 Å². The van der Waals surface area contributed by atoms with Crippen LogP contribution in [-0.2, 0) is 0 Å². The summed E-state index contributed by atoms with van der Waals surface area (Å²) in [6, 6.07) is 15.7. The van der Waals surface area contributed by atoms with Gasteiger partial charge in [-0.3, -0.25) is 0 Å². The van der Waals surface area contributed by atoms with Crippen molar-refractivity contribution in [2.45, 2.75) is 0 Å². The summed E-state index contributed by atoms with van der Waals surface area (Å²) in [5.41, 5.74) is 3.79. The molecule has 0 spiro atoms.